The van der Waals surface area contributed by atoms with Crippen LogP contribution in [0, 0.1) is 0 Å². The summed E-state index contributed by atoms with van der Waals surface area (Å²) >= 11 is 0. The fraction of sp³-hybridized carbons (Fsp3) is 0.417. The van der Waals surface area contributed by atoms with Crippen molar-refractivity contribution in [2.45, 2.75) is 45.6 Å². The molecular formula is C24H30N2O4. The number of nitrogens with one attached hydrogen (secondary N) is 1. The monoisotopic (exact) mass is 410 g/mol. The van der Waals surface area contributed by atoms with Crippen molar-refractivity contribution >= 4 is 11.8 Å². The van der Waals surface area contributed by atoms with Crippen molar-refractivity contribution in [1.29, 1.82) is 0 Å². The molecule has 0 unspecified atom stereocenters. The number of hydrogen-bond donors (Lipinski definition) is 1. The molecule has 1 atom stereocenters. The molecule has 1 heterocycles. The summed E-state index contributed by atoms with van der Waals surface area (Å²) in [5.41, 5.74) is 2.16. The Kier molecular flexibility index (Phi) is 7.71. The summed E-state index contributed by atoms with van der Waals surface area (Å²) in [5.74, 6) is 1.31. The smallest absolute Gasteiger partial charge is 0.242 e. The lowest BCUT2D eigenvalue weighted by atomic mass is 10.1. The van der Waals surface area contributed by atoms with Gasteiger partial charge < -0.3 is 19.7 Å². The van der Waals surface area contributed by atoms with E-state index in [0.29, 0.717) is 38.1 Å². The quantitative estimate of drug-likeness (QED) is 0.652. The van der Waals surface area contributed by atoms with Gasteiger partial charge in [0.2, 0.25) is 18.6 Å². The van der Waals surface area contributed by atoms with Crippen LogP contribution in [0.25, 0.3) is 0 Å². The van der Waals surface area contributed by atoms with Crippen molar-refractivity contribution in [3.8, 4) is 11.5 Å². The molecule has 0 saturated carbocycles. The molecule has 1 N–H and O–H groups in total. The van der Waals surface area contributed by atoms with E-state index in [9.17, 15) is 9.59 Å². The molecule has 1 aliphatic rings. The Balaban J connectivity index is 1.64. The number of amides is 2. The molecule has 3 rings (SSSR count). The number of benzene rings is 2. The van der Waals surface area contributed by atoms with Crippen LogP contribution >= 0.6 is 0 Å². The highest BCUT2D eigenvalue weighted by molar-refractivity contribution is 5.87. The molecule has 0 radical (unpaired) electrons. The summed E-state index contributed by atoms with van der Waals surface area (Å²) in [6.07, 6.45) is 2.49. The molecule has 2 aromatic carbocycles. The van der Waals surface area contributed by atoms with Gasteiger partial charge in [-0.3, -0.25) is 9.59 Å². The lowest BCUT2D eigenvalue weighted by Gasteiger charge is -2.29. The van der Waals surface area contributed by atoms with E-state index in [2.05, 4.69) is 5.32 Å². The van der Waals surface area contributed by atoms with E-state index in [4.69, 9.17) is 9.47 Å². The van der Waals surface area contributed by atoms with Gasteiger partial charge in [-0.1, -0.05) is 43.3 Å². The van der Waals surface area contributed by atoms with Crippen molar-refractivity contribution in [3.63, 3.8) is 0 Å². The van der Waals surface area contributed by atoms with Crippen LogP contribution in [0.1, 0.15) is 37.8 Å². The van der Waals surface area contributed by atoms with Crippen molar-refractivity contribution in [2.75, 3.05) is 19.9 Å². The molecule has 2 amide bonds. The number of carbonyl (C=O) groups excluding carboxylic acids is 2. The van der Waals surface area contributed by atoms with Crippen molar-refractivity contribution in [3.05, 3.63) is 59.7 Å². The maximum absolute atomic E-state index is 13.1. The van der Waals surface area contributed by atoms with Crippen LogP contribution in [-0.2, 0) is 22.4 Å². The highest BCUT2D eigenvalue weighted by Crippen LogP contribution is 2.32. The Labute approximate surface area is 178 Å². The van der Waals surface area contributed by atoms with Crippen LogP contribution in [0.2, 0.25) is 0 Å². The lowest BCUT2D eigenvalue weighted by Crippen LogP contribution is -2.49. The predicted octanol–water partition coefficient (Wildman–Crippen LogP) is 3.33. The first-order valence-corrected chi connectivity index (χ1v) is 10.6. The van der Waals surface area contributed by atoms with Crippen molar-refractivity contribution in [1.82, 2.24) is 10.2 Å². The highest BCUT2D eigenvalue weighted by Gasteiger charge is 2.25. The van der Waals surface area contributed by atoms with Gasteiger partial charge in [-0.05, 0) is 49.4 Å². The van der Waals surface area contributed by atoms with E-state index < -0.39 is 6.04 Å². The fourth-order valence-electron chi connectivity index (χ4n) is 3.46. The maximum Gasteiger partial charge on any atom is 0.242 e. The minimum Gasteiger partial charge on any atom is -0.454 e. The maximum atomic E-state index is 13.1. The van der Waals surface area contributed by atoms with Gasteiger partial charge in [0.05, 0.1) is 0 Å². The van der Waals surface area contributed by atoms with Gasteiger partial charge in [0.15, 0.2) is 11.5 Å². The van der Waals surface area contributed by atoms with Crippen molar-refractivity contribution < 1.29 is 19.1 Å². The zero-order valence-electron chi connectivity index (χ0n) is 17.7. The molecule has 2 aromatic rings. The van der Waals surface area contributed by atoms with Gasteiger partial charge in [-0.15, -0.1) is 0 Å². The number of fused-ring (bicyclic) bond motifs is 1. The third-order valence-electron chi connectivity index (χ3n) is 5.27. The Bertz CT molecular complexity index is 854. The summed E-state index contributed by atoms with van der Waals surface area (Å²) in [4.78, 5) is 27.3. The van der Waals surface area contributed by atoms with Crippen LogP contribution < -0.4 is 14.8 Å². The summed E-state index contributed by atoms with van der Waals surface area (Å²) in [6, 6.07) is 15.2. The summed E-state index contributed by atoms with van der Waals surface area (Å²) in [6.45, 7) is 5.16. The summed E-state index contributed by atoms with van der Waals surface area (Å²) in [5, 5.41) is 2.90. The molecule has 0 fully saturated rings. The second-order valence-electron chi connectivity index (χ2n) is 7.48. The number of ether oxygens (including phenoxy) is 2. The molecule has 0 saturated heterocycles. The Morgan fingerprint density at radius 2 is 1.80 bits per heavy atom. The van der Waals surface area contributed by atoms with Crippen LogP contribution in [0.4, 0.5) is 0 Å². The summed E-state index contributed by atoms with van der Waals surface area (Å²) in [7, 11) is 0. The van der Waals surface area contributed by atoms with Gasteiger partial charge in [0.1, 0.15) is 6.04 Å². The van der Waals surface area contributed by atoms with Crippen molar-refractivity contribution in [2.24, 2.45) is 0 Å². The first kappa shape index (κ1) is 21.7. The number of carbonyl (C=O) groups is 2. The Morgan fingerprint density at radius 1 is 1.03 bits per heavy atom. The normalized spacial score (nSPS) is 13.0. The van der Waals surface area contributed by atoms with Gasteiger partial charge in [-0.2, -0.15) is 0 Å². The SMILES string of the molecule is CCCNC(=O)[C@H](C)N(CCc1ccccc1)C(=O)CCc1ccc2c(c1)OCO2. The molecule has 0 bridgehead atoms. The van der Waals surface area contributed by atoms with E-state index in [0.717, 1.165) is 23.3 Å². The minimum atomic E-state index is -0.510. The van der Waals surface area contributed by atoms with Gasteiger partial charge in [-0.25, -0.2) is 0 Å². The van der Waals surface area contributed by atoms with E-state index in [-0.39, 0.29) is 18.6 Å². The van der Waals surface area contributed by atoms with Crippen LogP contribution in [-0.4, -0.2) is 42.6 Å². The average Bonchev–Trinajstić information content (AvgIpc) is 3.24. The molecule has 160 valence electrons. The second-order valence-corrected chi connectivity index (χ2v) is 7.48. The van der Waals surface area contributed by atoms with E-state index in [1.165, 1.54) is 0 Å². The molecule has 1 aliphatic heterocycles. The lowest BCUT2D eigenvalue weighted by molar-refractivity contribution is -0.139. The zero-order valence-corrected chi connectivity index (χ0v) is 17.7. The van der Waals surface area contributed by atoms with Gasteiger partial charge >= 0.3 is 0 Å². The number of hydrogen-bond acceptors (Lipinski definition) is 4. The van der Waals surface area contributed by atoms with Crippen LogP contribution in [0.3, 0.4) is 0 Å². The number of aryl methyl sites for hydroxylation is 1. The molecule has 6 heteroatoms. The Morgan fingerprint density at radius 3 is 2.57 bits per heavy atom. The van der Waals surface area contributed by atoms with E-state index in [1.54, 1.807) is 11.8 Å². The molecule has 0 aliphatic carbocycles. The largest absolute Gasteiger partial charge is 0.454 e. The molecule has 30 heavy (non-hydrogen) atoms. The fourth-order valence-corrected chi connectivity index (χ4v) is 3.46. The molecule has 0 spiro atoms. The van der Waals surface area contributed by atoms with Gasteiger partial charge in [0, 0.05) is 19.5 Å². The molecule has 6 nitrogen and oxygen atoms in total. The molecule has 0 aromatic heterocycles. The van der Waals surface area contributed by atoms with E-state index >= 15 is 0 Å². The van der Waals surface area contributed by atoms with Crippen LogP contribution in [0.5, 0.6) is 11.5 Å². The number of rotatable bonds is 10. The average molecular weight is 411 g/mol. The predicted molar refractivity (Wildman–Crippen MR) is 116 cm³/mol. The Hall–Kier alpha value is -3.02. The van der Waals surface area contributed by atoms with Crippen LogP contribution in [0.15, 0.2) is 48.5 Å². The third-order valence-corrected chi connectivity index (χ3v) is 5.27. The first-order chi connectivity index (χ1) is 14.6. The summed E-state index contributed by atoms with van der Waals surface area (Å²) < 4.78 is 10.8. The first-order valence-electron chi connectivity index (χ1n) is 10.6. The second kappa shape index (κ2) is 10.7. The molecular weight excluding hydrogens is 380 g/mol. The van der Waals surface area contributed by atoms with E-state index in [1.807, 2.05) is 55.5 Å². The standard InChI is InChI=1S/C24H30N2O4/c1-3-14-25-24(28)18(2)26(15-13-19-7-5-4-6-8-19)23(27)12-10-20-9-11-21-22(16-20)30-17-29-21/h4-9,11,16,18H,3,10,12-15,17H2,1-2H3,(H,25,28)/t18-/m0/s1. The minimum absolute atomic E-state index is 0.0252. The highest BCUT2D eigenvalue weighted by atomic mass is 16.7. The topological polar surface area (TPSA) is 67.9 Å². The van der Waals surface area contributed by atoms with Gasteiger partial charge in [0.25, 0.3) is 0 Å². The zero-order chi connectivity index (χ0) is 21.3. The number of nitrogens with zero attached hydrogens (tertiary/aromatic N) is 1. The third kappa shape index (κ3) is 5.75.